The highest BCUT2D eigenvalue weighted by Gasteiger charge is 2.41. The molecule has 0 N–H and O–H groups in total. The molecule has 0 fully saturated rings. The monoisotopic (exact) mass is 605 g/mol. The van der Waals surface area contributed by atoms with Gasteiger partial charge in [-0.3, -0.25) is 0 Å². The largest absolute Gasteiger partial charge is 0.309 e. The van der Waals surface area contributed by atoms with E-state index in [2.05, 4.69) is 163 Å². The summed E-state index contributed by atoms with van der Waals surface area (Å²) in [4.78, 5) is 10.6. The van der Waals surface area contributed by atoms with Gasteiger partial charge in [-0.2, -0.15) is 0 Å². The highest BCUT2D eigenvalue weighted by molar-refractivity contribution is 7.03. The Kier molecular flexibility index (Phi) is 5.96. The molecule has 0 saturated heterocycles. The molecule has 0 bridgehead atoms. The van der Waals surface area contributed by atoms with E-state index >= 15 is 0 Å². The third-order valence-corrected chi connectivity index (χ3v) is 12.9. The maximum absolute atomic E-state index is 5.32. The second-order valence-corrected chi connectivity index (χ2v) is 16.9. The standard InChI is InChI=1S/C42H31N3Si/c1-46(2)38-23-12-10-21-34(38)39-40(43-41(44-42(39)46)28-14-5-3-6-15-28)31-17-13-16-29(26-31)30-24-25-37-35(27-30)33-20-9-11-22-36(33)45(37)32-18-7-4-8-19-32/h3-27H,1-2H3. The molecule has 46 heavy (non-hydrogen) atoms. The molecule has 0 radical (unpaired) electrons. The molecule has 0 saturated carbocycles. The van der Waals surface area contributed by atoms with E-state index in [4.69, 9.17) is 9.97 Å². The molecule has 3 heterocycles. The number of para-hydroxylation sites is 2. The van der Waals surface area contributed by atoms with Crippen LogP contribution in [0.25, 0.3) is 72.4 Å². The zero-order valence-electron chi connectivity index (χ0n) is 25.8. The van der Waals surface area contributed by atoms with Gasteiger partial charge >= 0.3 is 0 Å². The number of aromatic nitrogens is 3. The third-order valence-electron chi connectivity index (χ3n) is 9.56. The highest BCUT2D eigenvalue weighted by Crippen LogP contribution is 2.39. The maximum atomic E-state index is 5.32. The van der Waals surface area contributed by atoms with Crippen LogP contribution in [0.3, 0.4) is 0 Å². The fraction of sp³-hybridized carbons (Fsp3) is 0.0476. The summed E-state index contributed by atoms with van der Waals surface area (Å²) in [6.07, 6.45) is 0. The molecule has 0 spiro atoms. The SMILES string of the molecule is C[Si]1(C)c2ccccc2-c2c(-c3cccc(-c4ccc5c(c4)c4ccccc4n5-c4ccccc4)c3)nc(-c3ccccc3)nc21. The lowest BCUT2D eigenvalue weighted by Gasteiger charge is -2.19. The van der Waals surface area contributed by atoms with Gasteiger partial charge in [0, 0.05) is 38.5 Å². The zero-order chi connectivity index (χ0) is 30.8. The summed E-state index contributed by atoms with van der Waals surface area (Å²) in [5.74, 6) is 0.795. The van der Waals surface area contributed by atoms with E-state index < -0.39 is 8.07 Å². The van der Waals surface area contributed by atoms with Crippen LogP contribution in [0, 0.1) is 0 Å². The van der Waals surface area contributed by atoms with Gasteiger partial charge in [-0.25, -0.2) is 9.97 Å². The smallest absolute Gasteiger partial charge is 0.159 e. The molecule has 218 valence electrons. The summed E-state index contributed by atoms with van der Waals surface area (Å²) in [7, 11) is -2.02. The van der Waals surface area contributed by atoms with Crippen molar-refractivity contribution in [1.82, 2.24) is 14.5 Å². The van der Waals surface area contributed by atoms with Crippen LogP contribution in [0.5, 0.6) is 0 Å². The quantitative estimate of drug-likeness (QED) is 0.187. The van der Waals surface area contributed by atoms with Crippen molar-refractivity contribution in [3.63, 3.8) is 0 Å². The molecular weight excluding hydrogens is 575 g/mol. The lowest BCUT2D eigenvalue weighted by Crippen LogP contribution is -2.50. The van der Waals surface area contributed by atoms with E-state index in [9.17, 15) is 0 Å². The summed E-state index contributed by atoms with van der Waals surface area (Å²) < 4.78 is 2.36. The number of fused-ring (bicyclic) bond motifs is 6. The van der Waals surface area contributed by atoms with Crippen molar-refractivity contribution < 1.29 is 0 Å². The topological polar surface area (TPSA) is 30.7 Å². The lowest BCUT2D eigenvalue weighted by atomic mass is 9.96. The van der Waals surface area contributed by atoms with Crippen molar-refractivity contribution >= 4 is 40.4 Å². The van der Waals surface area contributed by atoms with Gasteiger partial charge in [0.1, 0.15) is 8.07 Å². The number of hydrogen-bond acceptors (Lipinski definition) is 2. The van der Waals surface area contributed by atoms with Crippen LogP contribution in [-0.4, -0.2) is 22.6 Å². The summed E-state index contributed by atoms with van der Waals surface area (Å²) >= 11 is 0. The van der Waals surface area contributed by atoms with Crippen LogP contribution in [0.4, 0.5) is 0 Å². The van der Waals surface area contributed by atoms with Gasteiger partial charge in [0.25, 0.3) is 0 Å². The fourth-order valence-electron chi connectivity index (χ4n) is 7.32. The molecule has 2 aromatic heterocycles. The van der Waals surface area contributed by atoms with Crippen LogP contribution >= 0.6 is 0 Å². The highest BCUT2D eigenvalue weighted by atomic mass is 28.3. The van der Waals surface area contributed by atoms with Crippen LogP contribution < -0.4 is 10.5 Å². The lowest BCUT2D eigenvalue weighted by molar-refractivity contribution is 1.18. The van der Waals surface area contributed by atoms with Crippen molar-refractivity contribution in [3.8, 4) is 50.6 Å². The van der Waals surface area contributed by atoms with Crippen molar-refractivity contribution in [2.24, 2.45) is 0 Å². The predicted molar refractivity (Wildman–Crippen MR) is 195 cm³/mol. The first-order valence-corrected chi connectivity index (χ1v) is 18.9. The Hall–Kier alpha value is -5.58. The van der Waals surface area contributed by atoms with Crippen molar-refractivity contribution in [2.75, 3.05) is 0 Å². The van der Waals surface area contributed by atoms with Gasteiger partial charge in [-0.15, -0.1) is 0 Å². The fourth-order valence-corrected chi connectivity index (χ4v) is 10.2. The second-order valence-electron chi connectivity index (χ2n) is 12.7. The molecule has 1 aliphatic rings. The number of benzene rings is 6. The second kappa shape index (κ2) is 10.2. The van der Waals surface area contributed by atoms with Gasteiger partial charge < -0.3 is 4.57 Å². The van der Waals surface area contributed by atoms with Crippen molar-refractivity contribution in [2.45, 2.75) is 13.1 Å². The average Bonchev–Trinajstić information content (AvgIpc) is 3.57. The van der Waals surface area contributed by atoms with Gasteiger partial charge in [0.2, 0.25) is 0 Å². The van der Waals surface area contributed by atoms with Crippen LogP contribution in [0.2, 0.25) is 13.1 Å². The Labute approximate surface area is 269 Å². The molecule has 6 aromatic carbocycles. The summed E-state index contributed by atoms with van der Waals surface area (Å²) in [6, 6.07) is 54.4. The van der Waals surface area contributed by atoms with E-state index in [0.717, 1.165) is 22.6 Å². The molecule has 4 heteroatoms. The first-order valence-electron chi connectivity index (χ1n) is 15.9. The summed E-state index contributed by atoms with van der Waals surface area (Å²) in [5.41, 5.74) is 11.6. The van der Waals surface area contributed by atoms with Crippen molar-refractivity contribution in [1.29, 1.82) is 0 Å². The molecule has 0 aliphatic carbocycles. The zero-order valence-corrected chi connectivity index (χ0v) is 26.8. The number of hydrogen-bond donors (Lipinski definition) is 0. The van der Waals surface area contributed by atoms with E-state index in [1.54, 1.807) is 0 Å². The van der Waals surface area contributed by atoms with Crippen molar-refractivity contribution in [3.05, 3.63) is 152 Å². The Morgan fingerprint density at radius 3 is 2.00 bits per heavy atom. The van der Waals surface area contributed by atoms with Crippen LogP contribution in [0.1, 0.15) is 0 Å². The molecule has 0 atom stereocenters. The van der Waals surface area contributed by atoms with E-state index in [1.165, 1.54) is 60.3 Å². The predicted octanol–water partition coefficient (Wildman–Crippen LogP) is 9.38. The van der Waals surface area contributed by atoms with Crippen LogP contribution in [-0.2, 0) is 0 Å². The molecule has 1 aliphatic heterocycles. The molecule has 8 aromatic rings. The Balaban J connectivity index is 1.24. The molecule has 3 nitrogen and oxygen atoms in total. The molecule has 9 rings (SSSR count). The van der Waals surface area contributed by atoms with E-state index in [1.807, 2.05) is 6.07 Å². The Bertz CT molecular complexity index is 2440. The first kappa shape index (κ1) is 26.8. The molecule has 0 unspecified atom stereocenters. The minimum atomic E-state index is -2.02. The minimum absolute atomic E-state index is 0.795. The third kappa shape index (κ3) is 4.04. The van der Waals surface area contributed by atoms with E-state index in [-0.39, 0.29) is 0 Å². The summed E-state index contributed by atoms with van der Waals surface area (Å²) in [6.45, 7) is 4.83. The van der Waals surface area contributed by atoms with Gasteiger partial charge in [0.05, 0.1) is 16.7 Å². The maximum Gasteiger partial charge on any atom is 0.159 e. The average molecular weight is 606 g/mol. The van der Waals surface area contributed by atoms with E-state index in [0.29, 0.717) is 0 Å². The van der Waals surface area contributed by atoms with Gasteiger partial charge in [-0.05, 0) is 58.3 Å². The van der Waals surface area contributed by atoms with Gasteiger partial charge in [0.15, 0.2) is 5.82 Å². The number of rotatable bonds is 4. The van der Waals surface area contributed by atoms with Gasteiger partial charge in [-0.1, -0.05) is 128 Å². The van der Waals surface area contributed by atoms with Crippen LogP contribution in [0.15, 0.2) is 152 Å². The minimum Gasteiger partial charge on any atom is -0.309 e. The molecular formula is C42H31N3Si. The Morgan fingerprint density at radius 2 is 1.15 bits per heavy atom. The summed E-state index contributed by atoms with van der Waals surface area (Å²) in [5, 5.41) is 5.16. The number of nitrogens with zero attached hydrogens (tertiary/aromatic N) is 3. The Morgan fingerprint density at radius 1 is 0.500 bits per heavy atom. The molecule has 0 amide bonds. The first-order chi connectivity index (χ1) is 22.6. The normalized spacial score (nSPS) is 13.2.